The van der Waals surface area contributed by atoms with E-state index >= 15 is 4.39 Å². The smallest absolute Gasteiger partial charge is 0.254 e. The number of para-hydroxylation sites is 1. The SMILES string of the molecule is CNC(=O)c1cnc(NC(=O)C2CC2)c(F)c1Nc1cccc(-c2cnn(C)c2)c1OC. The van der Waals surface area contributed by atoms with Crippen LogP contribution in [0.1, 0.15) is 23.2 Å². The summed E-state index contributed by atoms with van der Waals surface area (Å²) in [5.41, 5.74) is 1.86. The predicted molar refractivity (Wildman–Crippen MR) is 117 cm³/mol. The first-order valence-corrected chi connectivity index (χ1v) is 10.1. The molecular weight excluding hydrogens is 415 g/mol. The van der Waals surface area contributed by atoms with E-state index in [4.69, 9.17) is 4.74 Å². The highest BCUT2D eigenvalue weighted by Gasteiger charge is 2.31. The van der Waals surface area contributed by atoms with E-state index in [1.54, 1.807) is 30.1 Å². The zero-order chi connectivity index (χ0) is 22.8. The maximum Gasteiger partial charge on any atom is 0.254 e. The highest BCUT2D eigenvalue weighted by Crippen LogP contribution is 2.39. The van der Waals surface area contributed by atoms with Crippen LogP contribution in [0.25, 0.3) is 11.1 Å². The number of nitrogens with zero attached hydrogens (tertiary/aromatic N) is 3. The number of amides is 2. The number of pyridine rings is 1. The number of carbonyl (C=O) groups excluding carboxylic acids is 2. The van der Waals surface area contributed by atoms with Crippen molar-refractivity contribution in [1.82, 2.24) is 20.1 Å². The lowest BCUT2D eigenvalue weighted by Crippen LogP contribution is -2.22. The van der Waals surface area contributed by atoms with E-state index in [0.717, 1.165) is 24.0 Å². The van der Waals surface area contributed by atoms with E-state index in [1.165, 1.54) is 20.4 Å². The lowest BCUT2D eigenvalue weighted by atomic mass is 10.1. The second kappa shape index (κ2) is 8.66. The van der Waals surface area contributed by atoms with Crippen LogP contribution in [0.4, 0.5) is 21.6 Å². The summed E-state index contributed by atoms with van der Waals surface area (Å²) in [7, 11) is 4.75. The van der Waals surface area contributed by atoms with Gasteiger partial charge in [-0.05, 0) is 18.9 Å². The summed E-state index contributed by atoms with van der Waals surface area (Å²) < 4.78 is 22.7. The molecule has 0 atom stereocenters. The van der Waals surface area contributed by atoms with Crippen LogP contribution >= 0.6 is 0 Å². The fraction of sp³-hybridized carbons (Fsp3) is 0.273. The number of hydrogen-bond donors (Lipinski definition) is 3. The average molecular weight is 438 g/mol. The third-order valence-corrected chi connectivity index (χ3v) is 5.18. The molecule has 0 aliphatic heterocycles. The number of carbonyl (C=O) groups is 2. The predicted octanol–water partition coefficient (Wildman–Crippen LogP) is 3.08. The Morgan fingerprint density at radius 1 is 1.25 bits per heavy atom. The highest BCUT2D eigenvalue weighted by atomic mass is 19.1. The van der Waals surface area contributed by atoms with Gasteiger partial charge in [0.25, 0.3) is 5.91 Å². The molecule has 2 aromatic heterocycles. The van der Waals surface area contributed by atoms with Crippen molar-refractivity contribution in [3.63, 3.8) is 0 Å². The van der Waals surface area contributed by atoms with Gasteiger partial charge < -0.3 is 20.7 Å². The summed E-state index contributed by atoms with van der Waals surface area (Å²) in [5, 5.41) is 12.1. The Labute approximate surface area is 184 Å². The van der Waals surface area contributed by atoms with E-state index in [0.29, 0.717) is 11.4 Å². The van der Waals surface area contributed by atoms with Crippen LogP contribution in [-0.2, 0) is 11.8 Å². The number of ether oxygens (including phenoxy) is 1. The van der Waals surface area contributed by atoms with Crippen LogP contribution in [0, 0.1) is 11.7 Å². The molecule has 4 rings (SSSR count). The number of halogens is 1. The van der Waals surface area contributed by atoms with Crippen LogP contribution in [0.5, 0.6) is 5.75 Å². The van der Waals surface area contributed by atoms with Crippen molar-refractivity contribution in [2.45, 2.75) is 12.8 Å². The van der Waals surface area contributed by atoms with Gasteiger partial charge in [0.2, 0.25) is 5.91 Å². The molecule has 10 heteroatoms. The Morgan fingerprint density at radius 3 is 2.66 bits per heavy atom. The van der Waals surface area contributed by atoms with Crippen LogP contribution < -0.4 is 20.7 Å². The van der Waals surface area contributed by atoms with E-state index in [2.05, 4.69) is 26.0 Å². The van der Waals surface area contributed by atoms with Gasteiger partial charge in [-0.3, -0.25) is 14.3 Å². The van der Waals surface area contributed by atoms with E-state index in [-0.39, 0.29) is 28.9 Å². The number of aryl methyl sites for hydroxylation is 1. The first-order valence-electron chi connectivity index (χ1n) is 10.1. The number of aromatic nitrogens is 3. The number of rotatable bonds is 7. The van der Waals surface area contributed by atoms with Gasteiger partial charge in [-0.25, -0.2) is 9.37 Å². The molecule has 2 amide bonds. The molecule has 1 fully saturated rings. The monoisotopic (exact) mass is 438 g/mol. The maximum absolute atomic E-state index is 15.4. The average Bonchev–Trinajstić information content (AvgIpc) is 3.56. The molecule has 0 bridgehead atoms. The standard InChI is InChI=1S/C22H23FN6O3/c1-24-22(31)15-10-25-20(28-21(30)12-7-8-12)17(23)18(15)27-16-6-4-5-14(19(16)32-3)13-9-26-29(2)11-13/h4-6,9-12H,7-8H2,1-3H3,(H,24,31)(H2,25,27,28,30). The van der Waals surface area contributed by atoms with Crippen molar-refractivity contribution in [2.75, 3.05) is 24.8 Å². The summed E-state index contributed by atoms with van der Waals surface area (Å²) in [6.07, 6.45) is 6.29. The maximum atomic E-state index is 15.4. The molecule has 1 aromatic carbocycles. The van der Waals surface area contributed by atoms with Crippen LogP contribution in [-0.4, -0.2) is 40.7 Å². The normalized spacial score (nSPS) is 12.9. The van der Waals surface area contributed by atoms with Crippen molar-refractivity contribution < 1.29 is 18.7 Å². The second-order valence-electron chi connectivity index (χ2n) is 7.47. The van der Waals surface area contributed by atoms with Crippen LogP contribution in [0.3, 0.4) is 0 Å². The minimum Gasteiger partial charge on any atom is -0.494 e. The number of methoxy groups -OCH3 is 1. The molecule has 0 saturated heterocycles. The molecule has 1 aliphatic carbocycles. The van der Waals surface area contributed by atoms with Crippen molar-refractivity contribution >= 4 is 29.0 Å². The summed E-state index contributed by atoms with van der Waals surface area (Å²) >= 11 is 0. The molecule has 0 unspecified atom stereocenters. The zero-order valence-corrected chi connectivity index (χ0v) is 17.9. The van der Waals surface area contributed by atoms with Gasteiger partial charge in [0.15, 0.2) is 11.6 Å². The Balaban J connectivity index is 1.77. The molecule has 3 N–H and O–H groups in total. The molecule has 32 heavy (non-hydrogen) atoms. The van der Waals surface area contributed by atoms with Gasteiger partial charge in [-0.1, -0.05) is 12.1 Å². The molecule has 166 valence electrons. The highest BCUT2D eigenvalue weighted by molar-refractivity contribution is 6.02. The zero-order valence-electron chi connectivity index (χ0n) is 17.9. The van der Waals surface area contributed by atoms with E-state index < -0.39 is 11.7 Å². The Morgan fingerprint density at radius 2 is 2.03 bits per heavy atom. The fourth-order valence-corrected chi connectivity index (χ4v) is 3.35. The van der Waals surface area contributed by atoms with Crippen molar-refractivity contribution in [3.8, 4) is 16.9 Å². The van der Waals surface area contributed by atoms with Gasteiger partial charge in [0.1, 0.15) is 5.75 Å². The molecule has 3 aromatic rings. The fourth-order valence-electron chi connectivity index (χ4n) is 3.35. The number of hydrogen-bond acceptors (Lipinski definition) is 6. The largest absolute Gasteiger partial charge is 0.494 e. The number of nitrogens with one attached hydrogen (secondary N) is 3. The van der Waals surface area contributed by atoms with Crippen molar-refractivity contribution in [3.05, 3.63) is 48.2 Å². The number of benzene rings is 1. The summed E-state index contributed by atoms with van der Waals surface area (Å²) in [4.78, 5) is 28.5. The molecule has 9 nitrogen and oxygen atoms in total. The first-order chi connectivity index (χ1) is 15.4. The molecule has 1 aliphatic rings. The quantitative estimate of drug-likeness (QED) is 0.523. The second-order valence-corrected chi connectivity index (χ2v) is 7.47. The summed E-state index contributed by atoms with van der Waals surface area (Å²) in [5.74, 6) is -1.56. The summed E-state index contributed by atoms with van der Waals surface area (Å²) in [6.45, 7) is 0. The third kappa shape index (κ3) is 4.11. The first kappa shape index (κ1) is 21.3. The van der Waals surface area contributed by atoms with E-state index in [1.807, 2.05) is 12.3 Å². The Kier molecular flexibility index (Phi) is 5.76. The van der Waals surface area contributed by atoms with E-state index in [9.17, 15) is 9.59 Å². The Hall–Kier alpha value is -3.95. The Bertz CT molecular complexity index is 1190. The van der Waals surface area contributed by atoms with Gasteiger partial charge in [-0.15, -0.1) is 0 Å². The third-order valence-electron chi connectivity index (χ3n) is 5.18. The molecule has 1 saturated carbocycles. The summed E-state index contributed by atoms with van der Waals surface area (Å²) in [6, 6.07) is 5.33. The molecule has 0 spiro atoms. The topological polar surface area (TPSA) is 110 Å². The molecular formula is C22H23FN6O3. The van der Waals surface area contributed by atoms with Gasteiger partial charge in [0, 0.05) is 43.5 Å². The van der Waals surface area contributed by atoms with Crippen LogP contribution in [0.2, 0.25) is 0 Å². The number of anilines is 3. The lowest BCUT2D eigenvalue weighted by molar-refractivity contribution is -0.117. The van der Waals surface area contributed by atoms with Crippen LogP contribution in [0.15, 0.2) is 36.8 Å². The van der Waals surface area contributed by atoms with Gasteiger partial charge in [-0.2, -0.15) is 5.10 Å². The minimum absolute atomic E-state index is 0.0109. The van der Waals surface area contributed by atoms with Gasteiger partial charge >= 0.3 is 0 Å². The molecule has 0 radical (unpaired) electrons. The molecule has 2 heterocycles. The van der Waals surface area contributed by atoms with Crippen molar-refractivity contribution in [1.29, 1.82) is 0 Å². The van der Waals surface area contributed by atoms with Crippen molar-refractivity contribution in [2.24, 2.45) is 13.0 Å². The van der Waals surface area contributed by atoms with Gasteiger partial charge in [0.05, 0.1) is 30.2 Å². The lowest BCUT2D eigenvalue weighted by Gasteiger charge is -2.18. The minimum atomic E-state index is -0.839.